The Balaban J connectivity index is 2.21. The molecule has 0 bridgehead atoms. The molecule has 0 radical (unpaired) electrons. The quantitative estimate of drug-likeness (QED) is 0.601. The zero-order chi connectivity index (χ0) is 15.0. The van der Waals surface area contributed by atoms with E-state index in [4.69, 9.17) is 11.6 Å². The smallest absolute Gasteiger partial charge is 0.184 e. The Bertz CT molecular complexity index is 817. The molecule has 0 aliphatic rings. The zero-order valence-corrected chi connectivity index (χ0v) is 13.1. The van der Waals surface area contributed by atoms with Gasteiger partial charge in [-0.15, -0.1) is 11.6 Å². The SMILES string of the molecule is Fc1ccc2nc(CCl)n(Cc3ccccc3Br)c2c1F. The fraction of sp³-hybridized carbons (Fsp3) is 0.133. The predicted molar refractivity (Wildman–Crippen MR) is 82.5 cm³/mol. The van der Waals surface area contributed by atoms with Gasteiger partial charge >= 0.3 is 0 Å². The summed E-state index contributed by atoms with van der Waals surface area (Å²) in [6.07, 6.45) is 0. The molecule has 2 aromatic carbocycles. The maximum Gasteiger partial charge on any atom is 0.184 e. The lowest BCUT2D eigenvalue weighted by molar-refractivity contribution is 0.512. The molecule has 3 aromatic rings. The molecule has 0 N–H and O–H groups in total. The highest BCUT2D eigenvalue weighted by molar-refractivity contribution is 9.10. The van der Waals surface area contributed by atoms with E-state index in [0.29, 0.717) is 17.9 Å². The summed E-state index contributed by atoms with van der Waals surface area (Å²) in [4.78, 5) is 4.27. The van der Waals surface area contributed by atoms with Gasteiger partial charge in [0.15, 0.2) is 11.6 Å². The van der Waals surface area contributed by atoms with Crippen LogP contribution < -0.4 is 0 Å². The van der Waals surface area contributed by atoms with Crippen molar-refractivity contribution < 1.29 is 8.78 Å². The fourth-order valence-corrected chi connectivity index (χ4v) is 2.89. The van der Waals surface area contributed by atoms with E-state index in [1.807, 2.05) is 24.3 Å². The average Bonchev–Trinajstić information content (AvgIpc) is 2.84. The van der Waals surface area contributed by atoms with Crippen LogP contribution in [-0.2, 0) is 12.4 Å². The number of hydrogen-bond donors (Lipinski definition) is 0. The van der Waals surface area contributed by atoms with Gasteiger partial charge in [0, 0.05) is 4.47 Å². The highest BCUT2D eigenvalue weighted by Crippen LogP contribution is 2.25. The Morgan fingerprint density at radius 2 is 1.90 bits per heavy atom. The number of benzene rings is 2. The average molecular weight is 372 g/mol. The number of nitrogens with zero attached hydrogens (tertiary/aromatic N) is 2. The predicted octanol–water partition coefficient (Wildman–Crippen LogP) is 4.86. The third kappa shape index (κ3) is 2.56. The van der Waals surface area contributed by atoms with Crippen molar-refractivity contribution in [3.63, 3.8) is 0 Å². The molecule has 108 valence electrons. The molecule has 0 spiro atoms. The Hall–Kier alpha value is -1.46. The van der Waals surface area contributed by atoms with E-state index >= 15 is 0 Å². The second-order valence-corrected chi connectivity index (χ2v) is 5.69. The third-order valence-corrected chi connectivity index (χ3v) is 4.30. The first-order valence-electron chi connectivity index (χ1n) is 6.24. The van der Waals surface area contributed by atoms with Crippen LogP contribution in [0.25, 0.3) is 11.0 Å². The molecular weight excluding hydrogens is 362 g/mol. The molecule has 21 heavy (non-hydrogen) atoms. The Morgan fingerprint density at radius 1 is 1.14 bits per heavy atom. The lowest BCUT2D eigenvalue weighted by Crippen LogP contribution is -2.06. The van der Waals surface area contributed by atoms with Crippen LogP contribution in [0.5, 0.6) is 0 Å². The first-order valence-corrected chi connectivity index (χ1v) is 7.57. The van der Waals surface area contributed by atoms with Gasteiger partial charge in [0.2, 0.25) is 0 Å². The minimum Gasteiger partial charge on any atom is -0.320 e. The van der Waals surface area contributed by atoms with Crippen LogP contribution in [0.2, 0.25) is 0 Å². The molecule has 1 heterocycles. The number of alkyl halides is 1. The lowest BCUT2D eigenvalue weighted by Gasteiger charge is -2.10. The number of halogens is 4. The van der Waals surface area contributed by atoms with Gasteiger partial charge in [0.25, 0.3) is 0 Å². The van der Waals surface area contributed by atoms with Crippen molar-refractivity contribution in [3.05, 3.63) is 63.9 Å². The van der Waals surface area contributed by atoms with Gasteiger partial charge in [-0.25, -0.2) is 13.8 Å². The maximum absolute atomic E-state index is 14.1. The molecular formula is C15H10BrClF2N2. The largest absolute Gasteiger partial charge is 0.320 e. The van der Waals surface area contributed by atoms with Gasteiger partial charge < -0.3 is 4.57 Å². The number of rotatable bonds is 3. The highest BCUT2D eigenvalue weighted by atomic mass is 79.9. The summed E-state index contributed by atoms with van der Waals surface area (Å²) < 4.78 is 30.1. The normalized spacial score (nSPS) is 11.2. The molecule has 2 nitrogen and oxygen atoms in total. The maximum atomic E-state index is 14.1. The standard InChI is InChI=1S/C15H10BrClF2N2/c16-10-4-2-1-3-9(10)8-21-13(7-17)20-12-6-5-11(18)14(19)15(12)21/h1-6H,7-8H2. The summed E-state index contributed by atoms with van der Waals surface area (Å²) in [5, 5.41) is 0. The summed E-state index contributed by atoms with van der Waals surface area (Å²) in [7, 11) is 0. The van der Waals surface area contributed by atoms with E-state index in [-0.39, 0.29) is 11.4 Å². The van der Waals surface area contributed by atoms with Gasteiger partial charge in [-0.2, -0.15) is 0 Å². The topological polar surface area (TPSA) is 17.8 Å². The number of fused-ring (bicyclic) bond motifs is 1. The summed E-state index contributed by atoms with van der Waals surface area (Å²) in [5.41, 5.74) is 1.48. The molecule has 3 rings (SSSR count). The Kier molecular flexibility index (Phi) is 3.95. The van der Waals surface area contributed by atoms with Crippen LogP contribution in [-0.4, -0.2) is 9.55 Å². The van der Waals surface area contributed by atoms with Crippen LogP contribution in [0, 0.1) is 11.6 Å². The monoisotopic (exact) mass is 370 g/mol. The summed E-state index contributed by atoms with van der Waals surface area (Å²) >= 11 is 9.34. The Labute approximate surface area is 133 Å². The van der Waals surface area contributed by atoms with E-state index in [9.17, 15) is 8.78 Å². The van der Waals surface area contributed by atoms with E-state index in [2.05, 4.69) is 20.9 Å². The van der Waals surface area contributed by atoms with E-state index in [1.165, 1.54) is 6.07 Å². The number of aromatic nitrogens is 2. The van der Waals surface area contributed by atoms with Crippen LogP contribution in [0.15, 0.2) is 40.9 Å². The van der Waals surface area contributed by atoms with Gasteiger partial charge in [0.1, 0.15) is 11.3 Å². The summed E-state index contributed by atoms with van der Waals surface area (Å²) in [5.74, 6) is -1.16. The van der Waals surface area contributed by atoms with Crippen LogP contribution >= 0.6 is 27.5 Å². The molecule has 0 atom stereocenters. The molecule has 0 unspecified atom stereocenters. The van der Waals surface area contributed by atoms with Crippen molar-refractivity contribution >= 4 is 38.6 Å². The van der Waals surface area contributed by atoms with Crippen molar-refractivity contribution in [3.8, 4) is 0 Å². The van der Waals surface area contributed by atoms with E-state index < -0.39 is 11.6 Å². The third-order valence-electron chi connectivity index (χ3n) is 3.28. The second-order valence-electron chi connectivity index (χ2n) is 4.57. The van der Waals surface area contributed by atoms with E-state index in [1.54, 1.807) is 4.57 Å². The van der Waals surface area contributed by atoms with Gasteiger partial charge in [-0.1, -0.05) is 34.1 Å². The fourth-order valence-electron chi connectivity index (χ4n) is 2.27. The molecule has 0 aliphatic heterocycles. The highest BCUT2D eigenvalue weighted by Gasteiger charge is 2.17. The second kappa shape index (κ2) is 5.73. The minimum atomic E-state index is -0.900. The molecule has 0 fully saturated rings. The minimum absolute atomic E-state index is 0.125. The van der Waals surface area contributed by atoms with Gasteiger partial charge in [0.05, 0.1) is 17.9 Å². The zero-order valence-electron chi connectivity index (χ0n) is 10.8. The first-order chi connectivity index (χ1) is 10.1. The van der Waals surface area contributed by atoms with Crippen molar-refractivity contribution in [1.29, 1.82) is 0 Å². The van der Waals surface area contributed by atoms with Crippen molar-refractivity contribution in [2.24, 2.45) is 0 Å². The van der Waals surface area contributed by atoms with Gasteiger partial charge in [-0.3, -0.25) is 0 Å². The van der Waals surface area contributed by atoms with Crippen LogP contribution in [0.1, 0.15) is 11.4 Å². The molecule has 0 saturated carbocycles. The van der Waals surface area contributed by atoms with Gasteiger partial charge in [-0.05, 0) is 23.8 Å². The molecule has 1 aromatic heterocycles. The summed E-state index contributed by atoms with van der Waals surface area (Å²) in [6.45, 7) is 0.361. The van der Waals surface area contributed by atoms with Crippen LogP contribution in [0.3, 0.4) is 0 Å². The number of hydrogen-bond acceptors (Lipinski definition) is 1. The summed E-state index contributed by atoms with van der Waals surface area (Å²) in [6, 6.07) is 10.1. The Morgan fingerprint density at radius 3 is 2.62 bits per heavy atom. The van der Waals surface area contributed by atoms with Crippen molar-refractivity contribution in [2.45, 2.75) is 12.4 Å². The first kappa shape index (κ1) is 14.5. The van der Waals surface area contributed by atoms with Crippen molar-refractivity contribution in [1.82, 2.24) is 9.55 Å². The molecule has 0 amide bonds. The molecule has 0 saturated heterocycles. The molecule has 6 heteroatoms. The lowest BCUT2D eigenvalue weighted by atomic mass is 10.2. The molecule has 0 aliphatic carbocycles. The van der Waals surface area contributed by atoms with Crippen molar-refractivity contribution in [2.75, 3.05) is 0 Å². The number of imidazole rings is 1. The van der Waals surface area contributed by atoms with Crippen LogP contribution in [0.4, 0.5) is 8.78 Å². The van der Waals surface area contributed by atoms with E-state index in [0.717, 1.165) is 16.1 Å².